The fourth-order valence-corrected chi connectivity index (χ4v) is 0.995. The number of amides is 1. The zero-order valence-corrected chi connectivity index (χ0v) is 10.2. The maximum Gasteiger partial charge on any atom is 0.267 e. The second-order valence-electron chi connectivity index (χ2n) is 4.61. The fraction of sp³-hybridized carbons (Fsp3) is 0.308. The number of carbonyl (C=O) groups excluding carboxylic acids is 1. The van der Waals surface area contributed by atoms with Gasteiger partial charge in [-0.05, 0) is 44.5 Å². The van der Waals surface area contributed by atoms with E-state index in [1.807, 2.05) is 20.8 Å². The zero-order valence-electron chi connectivity index (χ0n) is 10.2. The summed E-state index contributed by atoms with van der Waals surface area (Å²) in [6.07, 6.45) is 3.01. The fourth-order valence-electron chi connectivity index (χ4n) is 0.995. The quantitative estimate of drug-likeness (QED) is 0.624. The van der Waals surface area contributed by atoms with E-state index in [0.29, 0.717) is 0 Å². The van der Waals surface area contributed by atoms with Crippen molar-refractivity contribution in [2.45, 2.75) is 26.4 Å². The zero-order chi connectivity index (χ0) is 12.9. The second-order valence-corrected chi connectivity index (χ2v) is 4.61. The number of phenols is 1. The van der Waals surface area contributed by atoms with Gasteiger partial charge < -0.3 is 5.11 Å². The van der Waals surface area contributed by atoms with Crippen LogP contribution in [-0.4, -0.2) is 16.6 Å². The predicted octanol–water partition coefficient (Wildman–Crippen LogP) is 2.25. The lowest BCUT2D eigenvalue weighted by atomic mass is 10.2. The molecule has 0 fully saturated rings. The molecule has 0 spiro atoms. The maximum absolute atomic E-state index is 11.4. The molecule has 4 nitrogen and oxygen atoms in total. The largest absolute Gasteiger partial charge is 0.508 e. The highest BCUT2D eigenvalue weighted by atomic mass is 16.7. The normalized spacial score (nSPS) is 11.7. The van der Waals surface area contributed by atoms with Crippen LogP contribution in [0.2, 0.25) is 0 Å². The number of hydrogen-bond acceptors (Lipinski definition) is 3. The molecule has 1 amide bonds. The van der Waals surface area contributed by atoms with Crippen LogP contribution in [0.3, 0.4) is 0 Å². The summed E-state index contributed by atoms with van der Waals surface area (Å²) >= 11 is 0. The van der Waals surface area contributed by atoms with Gasteiger partial charge in [0.1, 0.15) is 5.75 Å². The lowest BCUT2D eigenvalue weighted by Gasteiger charge is -2.17. The third-order valence-corrected chi connectivity index (χ3v) is 1.78. The molecule has 0 aliphatic heterocycles. The van der Waals surface area contributed by atoms with Gasteiger partial charge >= 0.3 is 0 Å². The van der Waals surface area contributed by atoms with Gasteiger partial charge in [0.05, 0.1) is 5.60 Å². The second kappa shape index (κ2) is 5.50. The Hall–Kier alpha value is -1.81. The van der Waals surface area contributed by atoms with E-state index in [-0.39, 0.29) is 11.7 Å². The smallest absolute Gasteiger partial charge is 0.267 e. The van der Waals surface area contributed by atoms with E-state index >= 15 is 0 Å². The van der Waals surface area contributed by atoms with E-state index in [1.165, 1.54) is 6.08 Å². The lowest BCUT2D eigenvalue weighted by molar-refractivity contribution is -0.140. The highest BCUT2D eigenvalue weighted by molar-refractivity contribution is 5.90. The van der Waals surface area contributed by atoms with Crippen LogP contribution in [0.1, 0.15) is 26.3 Å². The number of phenolic OH excluding ortho intramolecular Hbond substituents is 1. The molecule has 0 heterocycles. The van der Waals surface area contributed by atoms with Gasteiger partial charge in [-0.15, -0.1) is 0 Å². The number of hydrogen-bond donors (Lipinski definition) is 2. The molecule has 0 radical (unpaired) electrons. The molecule has 1 aromatic rings. The van der Waals surface area contributed by atoms with Crippen LogP contribution >= 0.6 is 0 Å². The van der Waals surface area contributed by atoms with E-state index in [2.05, 4.69) is 5.48 Å². The summed E-state index contributed by atoms with van der Waals surface area (Å²) in [4.78, 5) is 16.5. The van der Waals surface area contributed by atoms with E-state index in [4.69, 9.17) is 9.94 Å². The molecule has 92 valence electrons. The van der Waals surface area contributed by atoms with Gasteiger partial charge in [-0.3, -0.25) is 9.63 Å². The van der Waals surface area contributed by atoms with Crippen molar-refractivity contribution in [3.8, 4) is 5.75 Å². The Kier molecular flexibility index (Phi) is 4.29. The van der Waals surface area contributed by atoms with E-state index in [1.54, 1.807) is 30.3 Å². The van der Waals surface area contributed by atoms with Crippen molar-refractivity contribution in [3.63, 3.8) is 0 Å². The summed E-state index contributed by atoms with van der Waals surface area (Å²) in [5.74, 6) is -0.129. The van der Waals surface area contributed by atoms with Crippen LogP contribution in [0.4, 0.5) is 0 Å². The van der Waals surface area contributed by atoms with Crippen LogP contribution < -0.4 is 5.48 Å². The minimum atomic E-state index is -0.415. The first kappa shape index (κ1) is 13.3. The van der Waals surface area contributed by atoms with Crippen molar-refractivity contribution in [1.29, 1.82) is 0 Å². The molecule has 0 bridgehead atoms. The molecule has 2 N–H and O–H groups in total. The van der Waals surface area contributed by atoms with E-state index < -0.39 is 5.60 Å². The van der Waals surface area contributed by atoms with Crippen molar-refractivity contribution in [2.75, 3.05) is 0 Å². The predicted molar refractivity (Wildman–Crippen MR) is 66.1 cm³/mol. The number of rotatable bonds is 3. The molecule has 1 rings (SSSR count). The molecule has 0 saturated carbocycles. The summed E-state index contributed by atoms with van der Waals surface area (Å²) < 4.78 is 0. The summed E-state index contributed by atoms with van der Waals surface area (Å²) in [5, 5.41) is 9.08. The molecular weight excluding hydrogens is 218 g/mol. The topological polar surface area (TPSA) is 58.6 Å². The monoisotopic (exact) mass is 235 g/mol. The van der Waals surface area contributed by atoms with Crippen molar-refractivity contribution in [3.05, 3.63) is 35.9 Å². The van der Waals surface area contributed by atoms with E-state index in [9.17, 15) is 4.79 Å². The molecule has 0 aliphatic rings. The summed E-state index contributed by atoms with van der Waals surface area (Å²) in [6.45, 7) is 5.53. The van der Waals surface area contributed by atoms with Gasteiger partial charge in [0.25, 0.3) is 5.91 Å². The van der Waals surface area contributed by atoms with Crippen molar-refractivity contribution in [1.82, 2.24) is 5.48 Å². The molecule has 0 atom stereocenters. The SMILES string of the molecule is CC(C)(C)ONC(=O)/C=C/c1ccc(O)cc1. The molecule has 4 heteroatoms. The summed E-state index contributed by atoms with van der Waals surface area (Å²) in [6, 6.07) is 6.54. The third-order valence-electron chi connectivity index (χ3n) is 1.78. The highest BCUT2D eigenvalue weighted by Gasteiger charge is 2.11. The third kappa shape index (κ3) is 5.73. The Morgan fingerprint density at radius 1 is 1.29 bits per heavy atom. The first-order valence-corrected chi connectivity index (χ1v) is 5.32. The molecular formula is C13H17NO3. The first-order chi connectivity index (χ1) is 7.87. The number of carbonyl (C=O) groups is 1. The molecule has 0 saturated heterocycles. The van der Waals surface area contributed by atoms with Crippen molar-refractivity contribution >= 4 is 12.0 Å². The average molecular weight is 235 g/mol. The number of aromatic hydroxyl groups is 1. The number of benzene rings is 1. The maximum atomic E-state index is 11.4. The molecule has 0 unspecified atom stereocenters. The lowest BCUT2D eigenvalue weighted by Crippen LogP contribution is -2.32. The van der Waals surface area contributed by atoms with Crippen LogP contribution in [0.5, 0.6) is 5.75 Å². The summed E-state index contributed by atoms with van der Waals surface area (Å²) in [7, 11) is 0. The Labute approximate surface area is 101 Å². The molecule has 0 aromatic heterocycles. The number of nitrogens with one attached hydrogen (secondary N) is 1. The molecule has 0 aliphatic carbocycles. The van der Waals surface area contributed by atoms with Gasteiger partial charge in [-0.1, -0.05) is 12.1 Å². The first-order valence-electron chi connectivity index (χ1n) is 5.32. The Balaban J connectivity index is 2.48. The van der Waals surface area contributed by atoms with Crippen LogP contribution in [-0.2, 0) is 9.63 Å². The van der Waals surface area contributed by atoms with Crippen molar-refractivity contribution in [2.24, 2.45) is 0 Å². The molecule has 1 aromatic carbocycles. The van der Waals surface area contributed by atoms with Gasteiger partial charge in [-0.25, -0.2) is 5.48 Å². The standard InChI is InChI=1S/C13H17NO3/c1-13(2,3)17-14-12(16)9-6-10-4-7-11(15)8-5-10/h4-9,15H,1-3H3,(H,14,16)/b9-6+. The van der Waals surface area contributed by atoms with Gasteiger partial charge in [0.15, 0.2) is 0 Å². The average Bonchev–Trinajstić information content (AvgIpc) is 2.25. The minimum absolute atomic E-state index is 0.197. The van der Waals surface area contributed by atoms with Gasteiger partial charge in [0, 0.05) is 6.08 Å². The minimum Gasteiger partial charge on any atom is -0.508 e. The number of hydroxylamine groups is 1. The molecule has 17 heavy (non-hydrogen) atoms. The van der Waals surface area contributed by atoms with Crippen molar-refractivity contribution < 1.29 is 14.7 Å². The van der Waals surface area contributed by atoms with Crippen LogP contribution in [0, 0.1) is 0 Å². The Bertz CT molecular complexity index is 402. The van der Waals surface area contributed by atoms with E-state index in [0.717, 1.165) is 5.56 Å². The summed E-state index contributed by atoms with van der Waals surface area (Å²) in [5.41, 5.74) is 2.74. The Morgan fingerprint density at radius 2 is 1.88 bits per heavy atom. The Morgan fingerprint density at radius 3 is 2.41 bits per heavy atom. The van der Waals surface area contributed by atoms with Gasteiger partial charge in [-0.2, -0.15) is 0 Å². The van der Waals surface area contributed by atoms with Gasteiger partial charge in [0.2, 0.25) is 0 Å². The van der Waals surface area contributed by atoms with Crippen LogP contribution in [0.15, 0.2) is 30.3 Å². The van der Waals surface area contributed by atoms with Crippen LogP contribution in [0.25, 0.3) is 6.08 Å². The highest BCUT2D eigenvalue weighted by Crippen LogP contribution is 2.10.